The number of anilines is 3. The minimum atomic E-state index is -0.398. The third kappa shape index (κ3) is 5.39. The van der Waals surface area contributed by atoms with Gasteiger partial charge in [-0.05, 0) is 48.9 Å². The van der Waals surface area contributed by atoms with E-state index in [0.29, 0.717) is 28.5 Å². The van der Waals surface area contributed by atoms with Gasteiger partial charge in [0.15, 0.2) is 0 Å². The molecule has 6 nitrogen and oxygen atoms in total. The first-order valence-corrected chi connectivity index (χ1v) is 8.71. The lowest BCUT2D eigenvalue weighted by Gasteiger charge is -2.18. The number of urea groups is 1. The summed E-state index contributed by atoms with van der Waals surface area (Å²) in [6.45, 7) is 2.59. The molecular formula is C19H23ClN4O2. The first kappa shape index (κ1) is 19.6. The zero-order chi connectivity index (χ0) is 19.1. The summed E-state index contributed by atoms with van der Waals surface area (Å²) in [6.07, 6.45) is 0.852. The largest absolute Gasteiger partial charge is 0.377 e. The van der Waals surface area contributed by atoms with Crippen molar-refractivity contribution in [1.29, 1.82) is 0 Å². The Morgan fingerprint density at radius 3 is 2.23 bits per heavy atom. The molecule has 138 valence electrons. The lowest BCUT2D eigenvalue weighted by Crippen LogP contribution is -2.27. The number of nitrogens with zero attached hydrogens (tertiary/aromatic N) is 1. The van der Waals surface area contributed by atoms with Gasteiger partial charge in [-0.25, -0.2) is 4.79 Å². The molecule has 0 aliphatic heterocycles. The lowest BCUT2D eigenvalue weighted by molar-refractivity contribution is 0.0954. The van der Waals surface area contributed by atoms with Crippen LogP contribution in [0.25, 0.3) is 0 Å². The van der Waals surface area contributed by atoms with Gasteiger partial charge in [-0.3, -0.25) is 4.79 Å². The Balaban J connectivity index is 2.14. The first-order valence-electron chi connectivity index (χ1n) is 8.34. The van der Waals surface area contributed by atoms with Crippen molar-refractivity contribution in [1.82, 2.24) is 5.32 Å². The predicted octanol–water partition coefficient (Wildman–Crippen LogP) is 4.19. The molecule has 0 atom stereocenters. The molecule has 0 aliphatic carbocycles. The van der Waals surface area contributed by atoms with Gasteiger partial charge in [0.2, 0.25) is 0 Å². The minimum absolute atomic E-state index is 0.169. The smallest absolute Gasteiger partial charge is 0.323 e. The quantitative estimate of drug-likeness (QED) is 0.709. The Hall–Kier alpha value is -2.73. The molecule has 0 spiro atoms. The van der Waals surface area contributed by atoms with Crippen molar-refractivity contribution in [3.63, 3.8) is 0 Å². The van der Waals surface area contributed by atoms with E-state index in [1.54, 1.807) is 42.5 Å². The molecule has 0 heterocycles. The monoisotopic (exact) mass is 374 g/mol. The summed E-state index contributed by atoms with van der Waals surface area (Å²) in [7, 11) is 3.73. The molecule has 3 N–H and O–H groups in total. The van der Waals surface area contributed by atoms with E-state index in [-0.39, 0.29) is 5.91 Å². The SMILES string of the molecule is CCCNC(=O)c1cc(NC(=O)Nc2ccc(Cl)cc2)ccc1N(C)C. The topological polar surface area (TPSA) is 73.5 Å². The fraction of sp³-hybridized carbons (Fsp3) is 0.263. The molecule has 0 fully saturated rings. The number of amides is 3. The summed E-state index contributed by atoms with van der Waals surface area (Å²) in [5, 5.41) is 8.92. The Bertz CT molecular complexity index is 776. The number of carbonyl (C=O) groups excluding carboxylic acids is 2. The first-order chi connectivity index (χ1) is 12.4. The fourth-order valence-corrected chi connectivity index (χ4v) is 2.47. The van der Waals surface area contributed by atoms with Crippen LogP contribution in [0, 0.1) is 0 Å². The van der Waals surface area contributed by atoms with Crippen LogP contribution in [0.2, 0.25) is 5.02 Å². The molecule has 2 aromatic carbocycles. The third-order valence-corrected chi connectivity index (χ3v) is 3.87. The van der Waals surface area contributed by atoms with E-state index >= 15 is 0 Å². The van der Waals surface area contributed by atoms with Crippen molar-refractivity contribution in [3.8, 4) is 0 Å². The van der Waals surface area contributed by atoms with Crippen LogP contribution in [0.15, 0.2) is 42.5 Å². The summed E-state index contributed by atoms with van der Waals surface area (Å²) in [4.78, 5) is 26.4. The zero-order valence-corrected chi connectivity index (χ0v) is 15.9. The Morgan fingerprint density at radius 1 is 1.00 bits per heavy atom. The van der Waals surface area contributed by atoms with Crippen molar-refractivity contribution in [3.05, 3.63) is 53.1 Å². The molecule has 26 heavy (non-hydrogen) atoms. The van der Waals surface area contributed by atoms with Crippen LogP contribution in [0.5, 0.6) is 0 Å². The molecule has 0 saturated heterocycles. The van der Waals surface area contributed by atoms with Gasteiger partial charge in [0.25, 0.3) is 5.91 Å². The van der Waals surface area contributed by atoms with Gasteiger partial charge >= 0.3 is 6.03 Å². The fourth-order valence-electron chi connectivity index (χ4n) is 2.35. The van der Waals surface area contributed by atoms with Gasteiger partial charge in [0.05, 0.1) is 5.56 Å². The van der Waals surface area contributed by atoms with Crippen molar-refractivity contribution in [2.75, 3.05) is 36.2 Å². The van der Waals surface area contributed by atoms with E-state index < -0.39 is 6.03 Å². The van der Waals surface area contributed by atoms with Crippen molar-refractivity contribution >= 4 is 40.6 Å². The van der Waals surface area contributed by atoms with E-state index in [1.807, 2.05) is 25.9 Å². The Labute approximate surface area is 158 Å². The second kappa shape index (κ2) is 9.10. The van der Waals surface area contributed by atoms with Gasteiger partial charge in [0.1, 0.15) is 0 Å². The number of hydrogen-bond acceptors (Lipinski definition) is 3. The van der Waals surface area contributed by atoms with Gasteiger partial charge in [-0.15, -0.1) is 0 Å². The van der Waals surface area contributed by atoms with E-state index in [2.05, 4.69) is 16.0 Å². The third-order valence-electron chi connectivity index (χ3n) is 3.62. The van der Waals surface area contributed by atoms with Crippen LogP contribution in [0.3, 0.4) is 0 Å². The van der Waals surface area contributed by atoms with Crippen LogP contribution in [-0.4, -0.2) is 32.6 Å². The van der Waals surface area contributed by atoms with Gasteiger partial charge in [-0.1, -0.05) is 18.5 Å². The highest BCUT2D eigenvalue weighted by Crippen LogP contribution is 2.23. The molecule has 2 aromatic rings. The standard InChI is InChI=1S/C19H23ClN4O2/c1-4-11-21-18(25)16-12-15(9-10-17(16)24(2)3)23-19(26)22-14-7-5-13(20)6-8-14/h5-10,12H,4,11H2,1-3H3,(H,21,25)(H2,22,23,26). The number of carbonyl (C=O) groups is 2. The van der Waals surface area contributed by atoms with Crippen LogP contribution in [-0.2, 0) is 0 Å². The molecule has 0 unspecified atom stereocenters. The number of halogens is 1. The Morgan fingerprint density at radius 2 is 1.62 bits per heavy atom. The average Bonchev–Trinajstić information content (AvgIpc) is 2.61. The molecule has 3 amide bonds. The van der Waals surface area contributed by atoms with Gasteiger partial charge in [0, 0.05) is 42.7 Å². The summed E-state index contributed by atoms with van der Waals surface area (Å²) < 4.78 is 0. The molecule has 0 bridgehead atoms. The highest BCUT2D eigenvalue weighted by Gasteiger charge is 2.14. The summed E-state index contributed by atoms with van der Waals surface area (Å²) in [5.41, 5.74) is 2.44. The molecule has 0 aliphatic rings. The van der Waals surface area contributed by atoms with Crippen LogP contribution >= 0.6 is 11.6 Å². The average molecular weight is 375 g/mol. The molecular weight excluding hydrogens is 352 g/mol. The van der Waals surface area contributed by atoms with Crippen molar-refractivity contribution in [2.24, 2.45) is 0 Å². The summed E-state index contributed by atoms with van der Waals surface area (Å²) in [5.74, 6) is -0.169. The van der Waals surface area contributed by atoms with Gasteiger partial charge in [-0.2, -0.15) is 0 Å². The number of hydrogen-bond donors (Lipinski definition) is 3. The molecule has 7 heteroatoms. The van der Waals surface area contributed by atoms with E-state index in [0.717, 1.165) is 12.1 Å². The van der Waals surface area contributed by atoms with Crippen molar-refractivity contribution in [2.45, 2.75) is 13.3 Å². The molecule has 0 saturated carbocycles. The molecule has 0 radical (unpaired) electrons. The summed E-state index contributed by atoms with van der Waals surface area (Å²) in [6, 6.07) is 11.6. The molecule has 0 aromatic heterocycles. The number of nitrogens with one attached hydrogen (secondary N) is 3. The van der Waals surface area contributed by atoms with E-state index in [9.17, 15) is 9.59 Å². The van der Waals surface area contributed by atoms with Crippen LogP contribution in [0.1, 0.15) is 23.7 Å². The normalized spacial score (nSPS) is 10.2. The van der Waals surface area contributed by atoms with Crippen LogP contribution in [0.4, 0.5) is 21.9 Å². The highest BCUT2D eigenvalue weighted by atomic mass is 35.5. The highest BCUT2D eigenvalue weighted by molar-refractivity contribution is 6.30. The van der Waals surface area contributed by atoms with Crippen molar-refractivity contribution < 1.29 is 9.59 Å². The minimum Gasteiger partial charge on any atom is -0.377 e. The van der Waals surface area contributed by atoms with Crippen LogP contribution < -0.4 is 20.9 Å². The maximum atomic E-state index is 12.4. The zero-order valence-electron chi connectivity index (χ0n) is 15.1. The number of rotatable bonds is 6. The maximum absolute atomic E-state index is 12.4. The second-order valence-electron chi connectivity index (χ2n) is 5.97. The molecule has 2 rings (SSSR count). The number of benzene rings is 2. The second-order valence-corrected chi connectivity index (χ2v) is 6.40. The predicted molar refractivity (Wildman–Crippen MR) is 107 cm³/mol. The maximum Gasteiger partial charge on any atom is 0.323 e. The van der Waals surface area contributed by atoms with Gasteiger partial charge < -0.3 is 20.9 Å². The lowest BCUT2D eigenvalue weighted by atomic mass is 10.1. The van der Waals surface area contributed by atoms with E-state index in [1.165, 1.54) is 0 Å². The Kier molecular flexibility index (Phi) is 6.86. The summed E-state index contributed by atoms with van der Waals surface area (Å²) >= 11 is 5.83. The van der Waals surface area contributed by atoms with E-state index in [4.69, 9.17) is 11.6 Å².